The van der Waals surface area contributed by atoms with Crippen LogP contribution < -0.4 is 14.4 Å². The van der Waals surface area contributed by atoms with E-state index in [1.54, 1.807) is 42.5 Å². The van der Waals surface area contributed by atoms with Gasteiger partial charge in [-0.15, -0.1) is 0 Å². The molecule has 1 aliphatic heterocycles. The Morgan fingerprint density at radius 1 is 0.895 bits per heavy atom. The van der Waals surface area contributed by atoms with Crippen molar-refractivity contribution in [3.63, 3.8) is 0 Å². The second-order valence-corrected chi connectivity index (χ2v) is 12.1. The van der Waals surface area contributed by atoms with Gasteiger partial charge in [0.2, 0.25) is 15.9 Å². The molecule has 0 bridgehead atoms. The second kappa shape index (κ2) is 11.9. The van der Waals surface area contributed by atoms with E-state index in [1.807, 2.05) is 6.92 Å². The van der Waals surface area contributed by atoms with E-state index in [2.05, 4.69) is 5.32 Å². The van der Waals surface area contributed by atoms with Crippen molar-refractivity contribution in [3.05, 3.63) is 78.9 Å². The van der Waals surface area contributed by atoms with Crippen molar-refractivity contribution in [2.75, 3.05) is 49.1 Å². The van der Waals surface area contributed by atoms with Gasteiger partial charge in [-0.05, 0) is 67.6 Å². The number of sulfonamides is 2. The van der Waals surface area contributed by atoms with E-state index in [9.17, 15) is 21.6 Å². The van der Waals surface area contributed by atoms with Crippen LogP contribution in [-0.2, 0) is 29.6 Å². The van der Waals surface area contributed by atoms with Crippen LogP contribution in [0.5, 0.6) is 5.75 Å². The Labute approximate surface area is 222 Å². The molecule has 12 heteroatoms. The smallest absolute Gasteiger partial charge is 0.264 e. The van der Waals surface area contributed by atoms with Gasteiger partial charge in [-0.3, -0.25) is 9.10 Å². The van der Waals surface area contributed by atoms with Crippen LogP contribution in [0.2, 0.25) is 0 Å². The molecule has 1 saturated heterocycles. The fourth-order valence-electron chi connectivity index (χ4n) is 3.89. The van der Waals surface area contributed by atoms with Crippen molar-refractivity contribution in [2.24, 2.45) is 0 Å². The molecule has 3 aromatic rings. The maximum Gasteiger partial charge on any atom is 0.264 e. The molecule has 4 rings (SSSR count). The third-order valence-electron chi connectivity index (χ3n) is 5.80. The van der Waals surface area contributed by atoms with Crippen molar-refractivity contribution in [1.82, 2.24) is 4.31 Å². The number of hydrogen-bond acceptors (Lipinski definition) is 7. The molecule has 0 aromatic heterocycles. The molecule has 38 heavy (non-hydrogen) atoms. The van der Waals surface area contributed by atoms with Gasteiger partial charge in [-0.1, -0.05) is 18.2 Å². The van der Waals surface area contributed by atoms with Crippen LogP contribution in [0, 0.1) is 0 Å². The predicted octanol–water partition coefficient (Wildman–Crippen LogP) is 2.94. The van der Waals surface area contributed by atoms with Crippen LogP contribution in [0.4, 0.5) is 11.4 Å². The summed E-state index contributed by atoms with van der Waals surface area (Å²) in [7, 11) is -7.75. The number of nitrogens with zero attached hydrogens (tertiary/aromatic N) is 2. The fourth-order valence-corrected chi connectivity index (χ4v) is 6.74. The Hall–Kier alpha value is -3.45. The molecule has 1 amide bonds. The van der Waals surface area contributed by atoms with E-state index >= 15 is 0 Å². The summed E-state index contributed by atoms with van der Waals surface area (Å²) in [6.07, 6.45) is 0. The van der Waals surface area contributed by atoms with Gasteiger partial charge in [0, 0.05) is 18.8 Å². The fraction of sp³-hybridized carbons (Fsp3) is 0.269. The molecule has 10 nitrogen and oxygen atoms in total. The average molecular weight is 560 g/mol. The SMILES string of the molecule is CCOc1ccc(N(CC(=O)Nc2ccc(S(=O)(=O)N3CCOCC3)cc2)S(=O)(=O)c2ccccc2)cc1. The largest absolute Gasteiger partial charge is 0.494 e. The van der Waals surface area contributed by atoms with Gasteiger partial charge in [-0.25, -0.2) is 16.8 Å². The molecule has 0 saturated carbocycles. The van der Waals surface area contributed by atoms with Crippen LogP contribution in [0.15, 0.2) is 88.7 Å². The highest BCUT2D eigenvalue weighted by Gasteiger charge is 2.28. The molecule has 202 valence electrons. The summed E-state index contributed by atoms with van der Waals surface area (Å²) in [6.45, 7) is 3.03. The lowest BCUT2D eigenvalue weighted by Crippen LogP contribution is -2.40. The molecule has 1 heterocycles. The van der Waals surface area contributed by atoms with Crippen LogP contribution >= 0.6 is 0 Å². The molecule has 1 fully saturated rings. The van der Waals surface area contributed by atoms with Gasteiger partial charge in [0.05, 0.1) is 35.3 Å². The first-order valence-electron chi connectivity index (χ1n) is 12.0. The highest BCUT2D eigenvalue weighted by atomic mass is 32.2. The van der Waals surface area contributed by atoms with Crippen LogP contribution in [0.25, 0.3) is 0 Å². The van der Waals surface area contributed by atoms with Gasteiger partial charge >= 0.3 is 0 Å². The first-order chi connectivity index (χ1) is 18.2. The lowest BCUT2D eigenvalue weighted by molar-refractivity contribution is -0.114. The monoisotopic (exact) mass is 559 g/mol. The Kier molecular flexibility index (Phi) is 8.67. The minimum absolute atomic E-state index is 0.0411. The Morgan fingerprint density at radius 2 is 1.53 bits per heavy atom. The zero-order valence-corrected chi connectivity index (χ0v) is 22.4. The van der Waals surface area contributed by atoms with E-state index in [0.29, 0.717) is 36.9 Å². The van der Waals surface area contributed by atoms with Crippen molar-refractivity contribution in [2.45, 2.75) is 16.7 Å². The van der Waals surface area contributed by atoms with Crippen molar-refractivity contribution in [3.8, 4) is 5.75 Å². The number of carbonyl (C=O) groups excluding carboxylic acids is 1. The summed E-state index contributed by atoms with van der Waals surface area (Å²) in [5, 5.41) is 2.66. The number of nitrogens with one attached hydrogen (secondary N) is 1. The minimum atomic E-state index is -4.07. The molecular weight excluding hydrogens is 530 g/mol. The summed E-state index contributed by atoms with van der Waals surface area (Å²) in [4.78, 5) is 13.1. The average Bonchev–Trinajstić information content (AvgIpc) is 2.94. The van der Waals surface area contributed by atoms with E-state index in [-0.39, 0.29) is 22.9 Å². The van der Waals surface area contributed by atoms with Gasteiger partial charge in [0.25, 0.3) is 10.0 Å². The maximum atomic E-state index is 13.5. The topological polar surface area (TPSA) is 122 Å². The highest BCUT2D eigenvalue weighted by Crippen LogP contribution is 2.26. The van der Waals surface area contributed by atoms with Crippen LogP contribution in [0.3, 0.4) is 0 Å². The first-order valence-corrected chi connectivity index (χ1v) is 14.9. The van der Waals surface area contributed by atoms with Gasteiger partial charge in [-0.2, -0.15) is 4.31 Å². The summed E-state index contributed by atoms with van der Waals surface area (Å²) < 4.78 is 65.6. The van der Waals surface area contributed by atoms with Gasteiger partial charge in [0.15, 0.2) is 0 Å². The summed E-state index contributed by atoms with van der Waals surface area (Å²) >= 11 is 0. The summed E-state index contributed by atoms with van der Waals surface area (Å²) in [5.74, 6) is -0.0212. The zero-order valence-electron chi connectivity index (χ0n) is 20.8. The summed E-state index contributed by atoms with van der Waals surface area (Å²) in [6, 6.07) is 20.0. The third kappa shape index (κ3) is 6.33. The number of carbonyl (C=O) groups is 1. The van der Waals surface area contributed by atoms with Crippen LogP contribution in [-0.4, -0.2) is 66.5 Å². The first kappa shape index (κ1) is 27.6. The van der Waals surface area contributed by atoms with Gasteiger partial charge < -0.3 is 14.8 Å². The number of morpholine rings is 1. The number of ether oxygens (including phenoxy) is 2. The maximum absolute atomic E-state index is 13.5. The zero-order chi connectivity index (χ0) is 27.2. The number of anilines is 2. The minimum Gasteiger partial charge on any atom is -0.494 e. The lowest BCUT2D eigenvalue weighted by Gasteiger charge is -2.26. The molecule has 1 aliphatic rings. The number of hydrogen-bond donors (Lipinski definition) is 1. The number of benzene rings is 3. The quantitative estimate of drug-likeness (QED) is 0.405. The molecular formula is C26H29N3O7S2. The van der Waals surface area contributed by atoms with Crippen LogP contribution in [0.1, 0.15) is 6.92 Å². The molecule has 0 radical (unpaired) electrons. The Balaban J connectivity index is 1.53. The Bertz CT molecular complexity index is 1440. The second-order valence-electron chi connectivity index (χ2n) is 8.34. The highest BCUT2D eigenvalue weighted by molar-refractivity contribution is 7.92. The van der Waals surface area contributed by atoms with Gasteiger partial charge in [0.1, 0.15) is 12.3 Å². The lowest BCUT2D eigenvalue weighted by atomic mass is 10.3. The van der Waals surface area contributed by atoms with E-state index < -0.39 is 32.5 Å². The molecule has 0 atom stereocenters. The van der Waals surface area contributed by atoms with E-state index in [0.717, 1.165) is 4.31 Å². The Morgan fingerprint density at radius 3 is 2.13 bits per heavy atom. The number of rotatable bonds is 10. The molecule has 1 N–H and O–H groups in total. The molecule has 0 unspecified atom stereocenters. The molecule has 0 aliphatic carbocycles. The van der Waals surface area contributed by atoms with Crippen molar-refractivity contribution in [1.29, 1.82) is 0 Å². The van der Waals surface area contributed by atoms with Crippen molar-refractivity contribution >= 4 is 37.3 Å². The third-order valence-corrected chi connectivity index (χ3v) is 9.50. The van der Waals surface area contributed by atoms with E-state index in [1.165, 1.54) is 40.7 Å². The standard InChI is InChI=1S/C26H29N3O7S2/c1-2-36-23-12-10-22(11-13-23)29(38(33,34)24-6-4-3-5-7-24)20-26(30)27-21-8-14-25(15-9-21)37(31,32)28-16-18-35-19-17-28/h3-15H,2,16-20H2,1H3,(H,27,30). The summed E-state index contributed by atoms with van der Waals surface area (Å²) in [5.41, 5.74) is 0.624. The van der Waals surface area contributed by atoms with E-state index in [4.69, 9.17) is 9.47 Å². The van der Waals surface area contributed by atoms with Crippen molar-refractivity contribution < 1.29 is 31.1 Å². The number of amides is 1. The normalized spacial score (nSPS) is 14.6. The molecule has 3 aromatic carbocycles. The predicted molar refractivity (Wildman–Crippen MR) is 143 cm³/mol. The molecule has 0 spiro atoms.